The summed E-state index contributed by atoms with van der Waals surface area (Å²) >= 11 is 3.05. The number of sulfone groups is 2. The van der Waals surface area contributed by atoms with E-state index in [0.717, 1.165) is 70.8 Å². The summed E-state index contributed by atoms with van der Waals surface area (Å²) in [6.45, 7) is 8.06. The van der Waals surface area contributed by atoms with E-state index in [1.54, 1.807) is 48.5 Å². The van der Waals surface area contributed by atoms with Gasteiger partial charge >= 0.3 is 0 Å². The van der Waals surface area contributed by atoms with Crippen LogP contribution in [0.5, 0.6) is 0 Å². The standard InChI is InChI=1S/C29H31F2N5O4S2.C25H24F2N4O3S2/c1-15-25(32-16(2)41-15)18-9-10-20(23(12-18)42(3,38)39)34-21-13-19(14-22(37)17-7-8-17)33-28-26(21)35-29(27(30)31)36(28)24-6-4-5-11-40-24;1-12-23(28-13(2)35-12)15-6-7-17(22(8-15)36(3,33)34)30-18-9-16(10-21(32)14-4-5-14)29-19-11-20(25(26)27)31-24(18)19/h9-10,12-13,17,24,27H,4-8,11,14H2,1-3H3,(H,33,34);6-9,14,25H,4-5,10-11H2,1-3H3,(H,29,30). The van der Waals surface area contributed by atoms with E-state index in [9.17, 15) is 44.0 Å². The minimum absolute atomic E-state index is 0.00990. The maximum atomic E-state index is 14.3. The van der Waals surface area contributed by atoms with Gasteiger partial charge in [0, 0.05) is 71.1 Å². The number of hydrogen-bond donors (Lipinski definition) is 2. The van der Waals surface area contributed by atoms with Gasteiger partial charge in [0.25, 0.3) is 12.9 Å². The van der Waals surface area contributed by atoms with E-state index in [4.69, 9.17) is 4.74 Å². The van der Waals surface area contributed by atoms with Gasteiger partial charge in [-0.1, -0.05) is 12.1 Å². The molecule has 1 unspecified atom stereocenters. The smallest absolute Gasteiger partial charge is 0.295 e. The monoisotopic (exact) mass is 1150 g/mol. The zero-order chi connectivity index (χ0) is 55.5. The summed E-state index contributed by atoms with van der Waals surface area (Å²) in [5.74, 6) is -0.351. The molecule has 0 spiro atoms. The lowest BCUT2D eigenvalue weighted by Crippen LogP contribution is -2.21. The minimum Gasteiger partial charge on any atom is -0.358 e. The number of aliphatic imine (C=N–C) groups is 1. The number of aryl methyl sites for hydroxylation is 4. The number of halogens is 4. The first-order valence-corrected chi connectivity index (χ1v) is 30.8. The SMILES string of the molecule is Cc1nc(-c2ccc(Nc3cc(CC(=O)C4CC4)nc4c3N=C(C(F)F)C4)c(S(C)(=O)=O)c2)c(C)s1.Cc1nc(-c2ccc(Nc3cc(CC(=O)C4CC4)nc4c3nc(C(F)F)n4C3CCCCO3)c(S(C)(=O)=O)c2)c(C)s1. The summed E-state index contributed by atoms with van der Waals surface area (Å²) in [6, 6.07) is 13.1. The van der Waals surface area contributed by atoms with Crippen molar-refractivity contribution in [3.63, 3.8) is 0 Å². The van der Waals surface area contributed by atoms with Crippen LogP contribution in [-0.2, 0) is 53.3 Å². The molecule has 7 aromatic rings. The van der Waals surface area contributed by atoms with Crippen molar-refractivity contribution in [1.82, 2.24) is 29.5 Å². The molecule has 0 amide bonds. The van der Waals surface area contributed by atoms with Crippen LogP contribution in [0.25, 0.3) is 33.7 Å². The summed E-state index contributed by atoms with van der Waals surface area (Å²) < 4.78 is 114. The molecular formula is C54H55F4N9O7S4. The van der Waals surface area contributed by atoms with Crippen LogP contribution in [0, 0.1) is 39.5 Å². The number of alkyl halides is 4. The molecule has 2 aliphatic carbocycles. The van der Waals surface area contributed by atoms with Crippen LogP contribution in [0.3, 0.4) is 0 Å². The Morgan fingerprint density at radius 2 is 1.19 bits per heavy atom. The number of pyridine rings is 2. The average molecular weight is 1150 g/mol. The highest BCUT2D eigenvalue weighted by atomic mass is 32.2. The number of thiazole rings is 2. The maximum Gasteiger partial charge on any atom is 0.295 e. The van der Waals surface area contributed by atoms with E-state index in [-0.39, 0.29) is 92.1 Å². The fraction of sp³-hybridized carbons (Fsp3) is 0.407. The Balaban J connectivity index is 0.000000179. The van der Waals surface area contributed by atoms with Crippen LogP contribution in [0.15, 0.2) is 63.3 Å². The number of rotatable bonds is 17. The molecule has 3 fully saturated rings. The number of carbonyl (C=O) groups is 2. The Morgan fingerprint density at radius 1 is 0.667 bits per heavy atom. The van der Waals surface area contributed by atoms with Gasteiger partial charge in [-0.05, 0) is 109 Å². The predicted molar refractivity (Wildman–Crippen MR) is 292 cm³/mol. The Hall–Kier alpha value is -6.34. The highest BCUT2D eigenvalue weighted by Gasteiger charge is 2.34. The lowest BCUT2D eigenvalue weighted by molar-refractivity contribution is -0.120. The van der Waals surface area contributed by atoms with Crippen LogP contribution < -0.4 is 10.6 Å². The van der Waals surface area contributed by atoms with Crippen molar-refractivity contribution < 1.29 is 48.7 Å². The molecule has 11 rings (SSSR count). The van der Waals surface area contributed by atoms with Gasteiger partial charge in [0.05, 0.1) is 76.7 Å². The van der Waals surface area contributed by atoms with Gasteiger partial charge in [-0.3, -0.25) is 19.1 Å². The molecule has 2 aliphatic heterocycles. The van der Waals surface area contributed by atoms with E-state index in [1.165, 1.54) is 27.2 Å². The number of benzene rings is 2. The first-order valence-electron chi connectivity index (χ1n) is 25.4. The van der Waals surface area contributed by atoms with Crippen molar-refractivity contribution in [2.45, 2.75) is 121 Å². The summed E-state index contributed by atoms with van der Waals surface area (Å²) in [6.07, 6.45) is 1.47. The molecule has 2 aromatic carbocycles. The number of hydrogen-bond acceptors (Lipinski definition) is 17. The van der Waals surface area contributed by atoms with E-state index in [0.29, 0.717) is 58.3 Å². The molecule has 16 nitrogen and oxygen atoms in total. The zero-order valence-corrected chi connectivity index (χ0v) is 46.7. The molecule has 1 saturated heterocycles. The highest BCUT2D eigenvalue weighted by molar-refractivity contribution is 7.91. The van der Waals surface area contributed by atoms with Gasteiger partial charge in [0.2, 0.25) is 0 Å². The van der Waals surface area contributed by atoms with Crippen molar-refractivity contribution in [3.05, 3.63) is 91.2 Å². The van der Waals surface area contributed by atoms with Gasteiger partial charge < -0.3 is 15.4 Å². The molecular weight excluding hydrogens is 1090 g/mol. The van der Waals surface area contributed by atoms with Gasteiger partial charge in [-0.2, -0.15) is 0 Å². The number of nitrogens with one attached hydrogen (secondary N) is 2. The van der Waals surface area contributed by atoms with Gasteiger partial charge in [-0.25, -0.2) is 59.3 Å². The fourth-order valence-electron chi connectivity index (χ4n) is 9.75. The lowest BCUT2D eigenvalue weighted by Gasteiger charge is -2.25. The van der Waals surface area contributed by atoms with E-state index < -0.39 is 44.6 Å². The quantitative estimate of drug-likeness (QED) is 0.0811. The number of fused-ring (bicyclic) bond motifs is 2. The Bertz CT molecular complexity index is 3810. The minimum atomic E-state index is -3.73. The van der Waals surface area contributed by atoms with Crippen molar-refractivity contribution in [1.29, 1.82) is 0 Å². The number of aromatic nitrogens is 6. The normalized spacial score (nSPS) is 16.6. The van der Waals surface area contributed by atoms with Crippen molar-refractivity contribution >= 4 is 99.2 Å². The zero-order valence-electron chi connectivity index (χ0n) is 43.4. The summed E-state index contributed by atoms with van der Waals surface area (Å²) in [7, 11) is -7.40. The average Bonchev–Trinajstić information content (AvgIpc) is 4.29. The Labute approximate surface area is 456 Å². The number of ether oxygens (including phenoxy) is 1. The van der Waals surface area contributed by atoms with Crippen LogP contribution in [0.1, 0.15) is 100 Å². The van der Waals surface area contributed by atoms with Crippen LogP contribution in [-0.4, -0.2) is 89.1 Å². The number of imidazole rings is 1. The molecule has 0 radical (unpaired) electrons. The van der Waals surface area contributed by atoms with E-state index in [2.05, 4.69) is 40.5 Å². The van der Waals surface area contributed by atoms with Gasteiger partial charge in [0.1, 0.15) is 29.0 Å². The topological polar surface area (TPSA) is 217 Å². The number of ketones is 2. The van der Waals surface area contributed by atoms with E-state index >= 15 is 0 Å². The maximum absolute atomic E-state index is 14.3. The van der Waals surface area contributed by atoms with E-state index in [1.807, 2.05) is 27.7 Å². The number of Topliss-reactive ketones (excluding diaryl/α,β-unsaturated/α-hetero) is 2. The second kappa shape index (κ2) is 21.7. The van der Waals surface area contributed by atoms with Gasteiger partial charge in [-0.15, -0.1) is 22.7 Å². The molecule has 24 heteroatoms. The molecule has 1 atom stereocenters. The van der Waals surface area contributed by atoms with Crippen molar-refractivity contribution in [2.75, 3.05) is 29.8 Å². The Kier molecular flexibility index (Phi) is 15.3. The second-order valence-electron chi connectivity index (χ2n) is 20.2. The number of carbonyl (C=O) groups excluding carboxylic acids is 2. The number of nitrogens with zero attached hydrogens (tertiary/aromatic N) is 7. The molecule has 78 heavy (non-hydrogen) atoms. The Morgan fingerprint density at radius 3 is 1.65 bits per heavy atom. The molecule has 7 heterocycles. The lowest BCUT2D eigenvalue weighted by atomic mass is 10.1. The molecule has 2 saturated carbocycles. The largest absolute Gasteiger partial charge is 0.358 e. The molecule has 0 bridgehead atoms. The van der Waals surface area contributed by atoms with Gasteiger partial charge in [0.15, 0.2) is 31.1 Å². The molecule has 5 aromatic heterocycles. The van der Waals surface area contributed by atoms with Crippen molar-refractivity contribution in [3.8, 4) is 22.5 Å². The predicted octanol–water partition coefficient (Wildman–Crippen LogP) is 11.9. The first kappa shape index (κ1) is 55.0. The summed E-state index contributed by atoms with van der Waals surface area (Å²) in [4.78, 5) is 53.7. The third-order valence-electron chi connectivity index (χ3n) is 13.8. The first-order chi connectivity index (χ1) is 37.0. The van der Waals surface area contributed by atoms with Crippen LogP contribution in [0.2, 0.25) is 0 Å². The van der Waals surface area contributed by atoms with Crippen LogP contribution in [0.4, 0.5) is 46.0 Å². The number of anilines is 4. The third kappa shape index (κ3) is 12.0. The third-order valence-corrected chi connectivity index (χ3v) is 17.8. The summed E-state index contributed by atoms with van der Waals surface area (Å²) in [5.41, 5.74) is 5.33. The second-order valence-corrected chi connectivity index (χ2v) is 26.9. The fourth-order valence-corrected chi connectivity index (χ4v) is 13.1. The van der Waals surface area contributed by atoms with Crippen molar-refractivity contribution in [2.24, 2.45) is 16.8 Å². The highest BCUT2D eigenvalue weighted by Crippen LogP contribution is 2.42. The molecule has 4 aliphatic rings. The van der Waals surface area contributed by atoms with Crippen LogP contribution >= 0.6 is 22.7 Å². The molecule has 2 N–H and O–H groups in total. The molecule has 410 valence electrons. The summed E-state index contributed by atoms with van der Waals surface area (Å²) in [5, 5.41) is 7.99.